The Bertz CT molecular complexity index is 797. The molecule has 0 aliphatic carbocycles. The van der Waals surface area contributed by atoms with Gasteiger partial charge >= 0.3 is 0 Å². The summed E-state index contributed by atoms with van der Waals surface area (Å²) >= 11 is 3.36. The fourth-order valence-corrected chi connectivity index (χ4v) is 3.37. The zero-order chi connectivity index (χ0) is 18.0. The Kier molecular flexibility index (Phi) is 5.18. The molecular formula is C19H19BrN2O3. The van der Waals surface area contributed by atoms with E-state index in [0.717, 1.165) is 36.1 Å². The molecule has 5 nitrogen and oxygen atoms in total. The van der Waals surface area contributed by atoms with Gasteiger partial charge in [0.15, 0.2) is 5.78 Å². The Balaban J connectivity index is 2.02. The van der Waals surface area contributed by atoms with Gasteiger partial charge in [-0.05, 0) is 49.1 Å². The van der Waals surface area contributed by atoms with Crippen LogP contribution in [0, 0.1) is 16.0 Å². The number of hydrogen-bond acceptors (Lipinski definition) is 4. The van der Waals surface area contributed by atoms with Crippen molar-refractivity contribution in [3.8, 4) is 0 Å². The molecule has 1 saturated heterocycles. The summed E-state index contributed by atoms with van der Waals surface area (Å²) in [6.45, 7) is 3.94. The molecule has 2 aromatic rings. The minimum Gasteiger partial charge on any atom is -0.371 e. The smallest absolute Gasteiger partial charge is 0.270 e. The standard InChI is InChI=1S/C19H19BrN2O3/c1-13-8-10-21(11-9-13)18-7-6-16(22(24)25)12-17(18)19(23)14-2-4-15(20)5-3-14/h2-7,12-13H,8-11H2,1H3. The topological polar surface area (TPSA) is 63.4 Å². The summed E-state index contributed by atoms with van der Waals surface area (Å²) in [5.41, 5.74) is 1.64. The number of nitro benzene ring substituents is 1. The van der Waals surface area contributed by atoms with Gasteiger partial charge in [0.1, 0.15) is 0 Å². The van der Waals surface area contributed by atoms with Crippen molar-refractivity contribution in [2.24, 2.45) is 5.92 Å². The zero-order valence-electron chi connectivity index (χ0n) is 13.9. The van der Waals surface area contributed by atoms with Gasteiger partial charge in [0.2, 0.25) is 0 Å². The molecule has 0 amide bonds. The number of nitrogens with zero attached hydrogens (tertiary/aromatic N) is 2. The normalized spacial score (nSPS) is 15.2. The highest BCUT2D eigenvalue weighted by Crippen LogP contribution is 2.31. The van der Waals surface area contributed by atoms with Crippen LogP contribution >= 0.6 is 15.9 Å². The van der Waals surface area contributed by atoms with Crippen LogP contribution in [0.5, 0.6) is 0 Å². The lowest BCUT2D eigenvalue weighted by atomic mass is 9.96. The first-order chi connectivity index (χ1) is 12.0. The van der Waals surface area contributed by atoms with E-state index in [0.29, 0.717) is 17.0 Å². The Morgan fingerprint density at radius 1 is 1.16 bits per heavy atom. The Morgan fingerprint density at radius 3 is 2.40 bits per heavy atom. The summed E-state index contributed by atoms with van der Waals surface area (Å²) in [5, 5.41) is 11.2. The molecule has 1 aliphatic heterocycles. The lowest BCUT2D eigenvalue weighted by molar-refractivity contribution is -0.384. The van der Waals surface area contributed by atoms with Gasteiger partial charge in [0.05, 0.1) is 10.5 Å². The first-order valence-corrected chi connectivity index (χ1v) is 9.08. The van der Waals surface area contributed by atoms with E-state index in [9.17, 15) is 14.9 Å². The van der Waals surface area contributed by atoms with Crippen LogP contribution in [0.25, 0.3) is 0 Å². The van der Waals surface area contributed by atoms with E-state index >= 15 is 0 Å². The highest BCUT2D eigenvalue weighted by molar-refractivity contribution is 9.10. The van der Waals surface area contributed by atoms with Gasteiger partial charge in [0, 0.05) is 40.9 Å². The summed E-state index contributed by atoms with van der Waals surface area (Å²) in [5.74, 6) is 0.477. The van der Waals surface area contributed by atoms with Gasteiger partial charge in [-0.15, -0.1) is 0 Å². The molecule has 2 aromatic carbocycles. The summed E-state index contributed by atoms with van der Waals surface area (Å²) in [7, 11) is 0. The fourth-order valence-electron chi connectivity index (χ4n) is 3.10. The van der Waals surface area contributed by atoms with Crippen LogP contribution in [0.15, 0.2) is 46.9 Å². The maximum atomic E-state index is 13.0. The largest absolute Gasteiger partial charge is 0.371 e. The first-order valence-electron chi connectivity index (χ1n) is 8.29. The fraction of sp³-hybridized carbons (Fsp3) is 0.316. The molecule has 1 aliphatic rings. The molecular weight excluding hydrogens is 384 g/mol. The third-order valence-electron chi connectivity index (χ3n) is 4.67. The van der Waals surface area contributed by atoms with E-state index in [1.807, 2.05) is 0 Å². The van der Waals surface area contributed by atoms with Crippen molar-refractivity contribution in [3.05, 3.63) is 68.2 Å². The number of nitro groups is 1. The number of halogens is 1. The number of carbonyl (C=O) groups excluding carboxylic acids is 1. The Labute approximate surface area is 154 Å². The van der Waals surface area contributed by atoms with Gasteiger partial charge < -0.3 is 4.90 Å². The molecule has 0 radical (unpaired) electrons. The van der Waals surface area contributed by atoms with Crippen LogP contribution < -0.4 is 4.90 Å². The number of piperidine rings is 1. The molecule has 25 heavy (non-hydrogen) atoms. The number of ketones is 1. The average Bonchev–Trinajstić information content (AvgIpc) is 2.62. The van der Waals surface area contributed by atoms with Crippen molar-refractivity contribution < 1.29 is 9.72 Å². The van der Waals surface area contributed by atoms with E-state index in [1.165, 1.54) is 12.1 Å². The van der Waals surface area contributed by atoms with Crippen molar-refractivity contribution >= 4 is 33.1 Å². The molecule has 0 atom stereocenters. The van der Waals surface area contributed by atoms with Gasteiger partial charge in [-0.1, -0.05) is 22.9 Å². The lowest BCUT2D eigenvalue weighted by Gasteiger charge is -2.33. The summed E-state index contributed by atoms with van der Waals surface area (Å²) < 4.78 is 0.883. The molecule has 0 spiro atoms. The highest BCUT2D eigenvalue weighted by Gasteiger charge is 2.24. The van der Waals surface area contributed by atoms with Crippen LogP contribution in [-0.2, 0) is 0 Å². The van der Waals surface area contributed by atoms with Crippen LogP contribution in [0.3, 0.4) is 0 Å². The first kappa shape index (κ1) is 17.6. The number of non-ortho nitro benzene ring substituents is 1. The van der Waals surface area contributed by atoms with Gasteiger partial charge in [-0.2, -0.15) is 0 Å². The summed E-state index contributed by atoms with van der Waals surface area (Å²) in [6, 6.07) is 11.6. The van der Waals surface area contributed by atoms with Crippen LogP contribution in [0.2, 0.25) is 0 Å². The average molecular weight is 403 g/mol. The number of carbonyl (C=O) groups is 1. The quantitative estimate of drug-likeness (QED) is 0.417. The third-order valence-corrected chi connectivity index (χ3v) is 5.19. The lowest BCUT2D eigenvalue weighted by Crippen LogP contribution is -2.33. The van der Waals surface area contributed by atoms with E-state index in [2.05, 4.69) is 27.8 Å². The van der Waals surface area contributed by atoms with Gasteiger partial charge in [-0.25, -0.2) is 0 Å². The number of hydrogen-bond donors (Lipinski definition) is 0. The minimum atomic E-state index is -0.458. The van der Waals surface area contributed by atoms with Crippen LogP contribution in [0.1, 0.15) is 35.7 Å². The SMILES string of the molecule is CC1CCN(c2ccc([N+](=O)[O-])cc2C(=O)c2ccc(Br)cc2)CC1. The van der Waals surface area contributed by atoms with Crippen molar-refractivity contribution in [2.45, 2.75) is 19.8 Å². The van der Waals surface area contributed by atoms with Gasteiger partial charge in [-0.3, -0.25) is 14.9 Å². The van der Waals surface area contributed by atoms with E-state index in [1.54, 1.807) is 30.3 Å². The second-order valence-corrected chi connectivity index (χ2v) is 7.38. The van der Waals surface area contributed by atoms with Crippen molar-refractivity contribution in [3.63, 3.8) is 0 Å². The van der Waals surface area contributed by atoms with Crippen LogP contribution in [-0.4, -0.2) is 23.8 Å². The zero-order valence-corrected chi connectivity index (χ0v) is 15.5. The molecule has 3 rings (SSSR count). The number of benzene rings is 2. The second kappa shape index (κ2) is 7.35. The molecule has 130 valence electrons. The molecule has 0 unspecified atom stereocenters. The molecule has 6 heteroatoms. The number of rotatable bonds is 4. The van der Waals surface area contributed by atoms with Crippen molar-refractivity contribution in [2.75, 3.05) is 18.0 Å². The Hall–Kier alpha value is -2.21. The predicted molar refractivity (Wildman–Crippen MR) is 101 cm³/mol. The summed E-state index contributed by atoms with van der Waals surface area (Å²) in [6.07, 6.45) is 2.12. The maximum absolute atomic E-state index is 13.0. The maximum Gasteiger partial charge on any atom is 0.270 e. The molecule has 1 heterocycles. The van der Waals surface area contributed by atoms with Crippen molar-refractivity contribution in [1.29, 1.82) is 0 Å². The highest BCUT2D eigenvalue weighted by atomic mass is 79.9. The molecule has 1 fully saturated rings. The summed E-state index contributed by atoms with van der Waals surface area (Å²) in [4.78, 5) is 25.9. The van der Waals surface area contributed by atoms with Gasteiger partial charge in [0.25, 0.3) is 5.69 Å². The molecule has 0 aromatic heterocycles. The van der Waals surface area contributed by atoms with E-state index < -0.39 is 4.92 Å². The minimum absolute atomic E-state index is 0.0606. The second-order valence-electron chi connectivity index (χ2n) is 6.46. The number of anilines is 1. The van der Waals surface area contributed by atoms with E-state index in [-0.39, 0.29) is 11.5 Å². The monoisotopic (exact) mass is 402 g/mol. The molecule has 0 bridgehead atoms. The molecule has 0 N–H and O–H groups in total. The predicted octanol–water partition coefficient (Wildman–Crippen LogP) is 4.82. The van der Waals surface area contributed by atoms with Crippen molar-refractivity contribution in [1.82, 2.24) is 0 Å². The third kappa shape index (κ3) is 3.90. The van der Waals surface area contributed by atoms with E-state index in [4.69, 9.17) is 0 Å². The molecule has 0 saturated carbocycles. The Morgan fingerprint density at radius 2 is 1.80 bits per heavy atom. The van der Waals surface area contributed by atoms with Crippen LogP contribution in [0.4, 0.5) is 11.4 Å².